The minimum absolute atomic E-state index is 0.167. The van der Waals surface area contributed by atoms with Crippen molar-refractivity contribution < 1.29 is 4.39 Å². The van der Waals surface area contributed by atoms with Crippen molar-refractivity contribution in [1.29, 1.82) is 5.26 Å². The third-order valence-corrected chi connectivity index (χ3v) is 3.23. The number of nitrogens with one attached hydrogen (secondary N) is 1. The fourth-order valence-corrected chi connectivity index (χ4v) is 2.16. The topological polar surface area (TPSA) is 48.7 Å². The second-order valence-electron chi connectivity index (χ2n) is 4.86. The summed E-state index contributed by atoms with van der Waals surface area (Å²) in [5.41, 5.74) is 3.65. The molecule has 102 valence electrons. The number of aromatic nitrogens is 1. The van der Waals surface area contributed by atoms with Gasteiger partial charge in [0.1, 0.15) is 17.7 Å². The van der Waals surface area contributed by atoms with Crippen LogP contribution in [0.5, 0.6) is 0 Å². The van der Waals surface area contributed by atoms with E-state index in [0.717, 1.165) is 11.1 Å². The lowest BCUT2D eigenvalue weighted by Crippen LogP contribution is -2.05. The summed E-state index contributed by atoms with van der Waals surface area (Å²) in [7, 11) is 0. The maximum absolute atomic E-state index is 13.6. The summed E-state index contributed by atoms with van der Waals surface area (Å²) in [5.74, 6) is 0.396. The molecule has 0 aliphatic rings. The molecular weight excluding hydrogens is 253 g/mol. The molecule has 0 radical (unpaired) electrons. The van der Waals surface area contributed by atoms with Crippen LogP contribution < -0.4 is 5.32 Å². The lowest BCUT2D eigenvalue weighted by molar-refractivity contribution is 0.608. The number of nitriles is 1. The first-order valence-corrected chi connectivity index (χ1v) is 6.38. The van der Waals surface area contributed by atoms with Crippen LogP contribution in [0.2, 0.25) is 0 Å². The van der Waals surface area contributed by atoms with Gasteiger partial charge < -0.3 is 5.32 Å². The number of aryl methyl sites for hydroxylation is 3. The zero-order valence-corrected chi connectivity index (χ0v) is 11.8. The molecule has 1 N–H and O–H groups in total. The Hall–Kier alpha value is -2.41. The number of nitrogens with zero attached hydrogens (tertiary/aromatic N) is 2. The summed E-state index contributed by atoms with van der Waals surface area (Å²) in [6.45, 7) is 5.87. The van der Waals surface area contributed by atoms with Crippen LogP contribution in [0, 0.1) is 37.9 Å². The zero-order chi connectivity index (χ0) is 14.7. The molecular formula is C16H16FN3. The molecule has 20 heavy (non-hydrogen) atoms. The zero-order valence-electron chi connectivity index (χ0n) is 11.8. The van der Waals surface area contributed by atoms with E-state index < -0.39 is 0 Å². The summed E-state index contributed by atoms with van der Waals surface area (Å²) < 4.78 is 13.6. The molecule has 2 rings (SSSR count). The van der Waals surface area contributed by atoms with Crippen LogP contribution in [0.1, 0.15) is 27.8 Å². The molecule has 0 amide bonds. The van der Waals surface area contributed by atoms with Gasteiger partial charge in [0.15, 0.2) is 0 Å². The molecule has 1 heterocycles. The Morgan fingerprint density at radius 1 is 1.20 bits per heavy atom. The minimum Gasteiger partial charge on any atom is -0.365 e. The van der Waals surface area contributed by atoms with Gasteiger partial charge in [-0.1, -0.05) is 12.1 Å². The highest BCUT2D eigenvalue weighted by atomic mass is 19.1. The number of rotatable bonds is 3. The predicted octanol–water partition coefficient (Wildman–Crippen LogP) is 3.63. The lowest BCUT2D eigenvalue weighted by Gasteiger charge is -2.10. The average Bonchev–Trinajstić information content (AvgIpc) is 2.42. The first kappa shape index (κ1) is 14.0. The third kappa shape index (κ3) is 2.77. The maximum Gasteiger partial charge on any atom is 0.144 e. The van der Waals surface area contributed by atoms with Crippen molar-refractivity contribution >= 4 is 5.82 Å². The lowest BCUT2D eigenvalue weighted by atomic mass is 10.1. The number of halogens is 1. The van der Waals surface area contributed by atoms with Crippen molar-refractivity contribution in [3.05, 3.63) is 58.0 Å². The summed E-state index contributed by atoms with van der Waals surface area (Å²) in [5, 5.41) is 12.3. The molecule has 3 nitrogen and oxygen atoms in total. The van der Waals surface area contributed by atoms with Gasteiger partial charge in [-0.05, 0) is 49.1 Å². The van der Waals surface area contributed by atoms with Gasteiger partial charge in [-0.3, -0.25) is 0 Å². The Labute approximate surface area is 118 Å². The molecule has 4 heteroatoms. The van der Waals surface area contributed by atoms with Crippen LogP contribution in [0.4, 0.5) is 10.2 Å². The van der Waals surface area contributed by atoms with Crippen molar-refractivity contribution in [3.63, 3.8) is 0 Å². The van der Waals surface area contributed by atoms with E-state index in [1.807, 2.05) is 6.92 Å². The highest BCUT2D eigenvalue weighted by molar-refractivity contribution is 5.55. The smallest absolute Gasteiger partial charge is 0.144 e. The summed E-state index contributed by atoms with van der Waals surface area (Å²) in [4.78, 5) is 4.18. The van der Waals surface area contributed by atoms with Gasteiger partial charge in [0.2, 0.25) is 0 Å². The molecule has 0 aliphatic carbocycles. The Morgan fingerprint density at radius 3 is 2.45 bits per heavy atom. The van der Waals surface area contributed by atoms with Crippen molar-refractivity contribution in [2.45, 2.75) is 27.3 Å². The molecule has 0 unspecified atom stereocenters. The third-order valence-electron chi connectivity index (χ3n) is 3.23. The van der Waals surface area contributed by atoms with Crippen molar-refractivity contribution in [2.75, 3.05) is 5.32 Å². The van der Waals surface area contributed by atoms with Crippen molar-refractivity contribution in [3.8, 4) is 6.07 Å². The fraction of sp³-hybridized carbons (Fsp3) is 0.250. The minimum atomic E-state index is -0.167. The molecule has 0 atom stereocenters. The van der Waals surface area contributed by atoms with Crippen LogP contribution in [0.25, 0.3) is 0 Å². The molecule has 1 aromatic heterocycles. The van der Waals surface area contributed by atoms with Gasteiger partial charge in [-0.15, -0.1) is 0 Å². The van der Waals surface area contributed by atoms with E-state index in [1.165, 1.54) is 0 Å². The van der Waals surface area contributed by atoms with Crippen molar-refractivity contribution in [1.82, 2.24) is 4.98 Å². The normalized spacial score (nSPS) is 10.2. The average molecular weight is 269 g/mol. The van der Waals surface area contributed by atoms with Crippen LogP contribution in [0.15, 0.2) is 24.4 Å². The molecule has 0 saturated carbocycles. The SMILES string of the molecule is Cc1cc(CNc2nccc(C)c2C#N)cc(C)c1F. The molecule has 0 bridgehead atoms. The second kappa shape index (κ2) is 5.70. The first-order chi connectivity index (χ1) is 9.52. The van der Waals surface area contributed by atoms with Crippen molar-refractivity contribution in [2.24, 2.45) is 0 Å². The quantitative estimate of drug-likeness (QED) is 0.925. The van der Waals surface area contributed by atoms with E-state index in [0.29, 0.717) is 29.1 Å². The Bertz CT molecular complexity index is 664. The fourth-order valence-electron chi connectivity index (χ4n) is 2.16. The first-order valence-electron chi connectivity index (χ1n) is 6.38. The molecule has 2 aromatic rings. The standard InChI is InChI=1S/C16H16FN3/c1-10-4-5-19-16(14(10)8-18)20-9-13-6-11(2)15(17)12(3)7-13/h4-7H,9H2,1-3H3,(H,19,20). The number of benzene rings is 1. The maximum atomic E-state index is 13.6. The van der Waals surface area contributed by atoms with Gasteiger partial charge >= 0.3 is 0 Å². The number of hydrogen-bond donors (Lipinski definition) is 1. The number of anilines is 1. The van der Waals surface area contributed by atoms with Crippen LogP contribution in [0.3, 0.4) is 0 Å². The predicted molar refractivity (Wildman–Crippen MR) is 76.9 cm³/mol. The molecule has 1 aromatic carbocycles. The van der Waals surface area contributed by atoms with Gasteiger partial charge in [0.05, 0.1) is 5.56 Å². The summed E-state index contributed by atoms with van der Waals surface area (Å²) in [6, 6.07) is 7.55. The Balaban J connectivity index is 2.22. The van der Waals surface area contributed by atoms with E-state index in [9.17, 15) is 4.39 Å². The van der Waals surface area contributed by atoms with Gasteiger partial charge in [0.25, 0.3) is 0 Å². The number of pyridine rings is 1. The summed E-state index contributed by atoms with van der Waals surface area (Å²) >= 11 is 0. The molecule has 0 spiro atoms. The Morgan fingerprint density at radius 2 is 1.85 bits per heavy atom. The number of hydrogen-bond acceptors (Lipinski definition) is 3. The van der Waals surface area contributed by atoms with E-state index in [4.69, 9.17) is 5.26 Å². The van der Waals surface area contributed by atoms with E-state index in [2.05, 4.69) is 16.4 Å². The second-order valence-corrected chi connectivity index (χ2v) is 4.86. The summed E-state index contributed by atoms with van der Waals surface area (Å²) in [6.07, 6.45) is 1.67. The molecule has 0 aliphatic heterocycles. The van der Waals surface area contributed by atoms with Gasteiger partial charge in [-0.25, -0.2) is 9.37 Å². The van der Waals surface area contributed by atoms with E-state index >= 15 is 0 Å². The highest BCUT2D eigenvalue weighted by Gasteiger charge is 2.08. The largest absolute Gasteiger partial charge is 0.365 e. The molecule has 0 fully saturated rings. The van der Waals surface area contributed by atoms with Crippen LogP contribution in [-0.2, 0) is 6.54 Å². The van der Waals surface area contributed by atoms with Crippen LogP contribution in [-0.4, -0.2) is 4.98 Å². The monoisotopic (exact) mass is 269 g/mol. The van der Waals surface area contributed by atoms with E-state index in [-0.39, 0.29) is 5.82 Å². The Kier molecular flexibility index (Phi) is 3.99. The van der Waals surface area contributed by atoms with Gasteiger partial charge in [-0.2, -0.15) is 5.26 Å². The highest BCUT2D eigenvalue weighted by Crippen LogP contribution is 2.18. The van der Waals surface area contributed by atoms with Crippen LogP contribution >= 0.6 is 0 Å². The molecule has 0 saturated heterocycles. The van der Waals surface area contributed by atoms with Gasteiger partial charge in [0, 0.05) is 12.7 Å². The van der Waals surface area contributed by atoms with E-state index in [1.54, 1.807) is 38.2 Å².